The fraction of sp³-hybridized carbons (Fsp3) is 0.143. The molecule has 15 heavy (non-hydrogen) atoms. The third-order valence-electron chi connectivity index (χ3n) is 2.75. The highest BCUT2D eigenvalue weighted by atomic mass is 16.3. The van der Waals surface area contributed by atoms with Gasteiger partial charge in [0.15, 0.2) is 0 Å². The lowest BCUT2D eigenvalue weighted by Gasteiger charge is -1.97. The fourth-order valence-electron chi connectivity index (χ4n) is 1.93. The summed E-state index contributed by atoms with van der Waals surface area (Å²) in [5.74, 6) is 0.933. The van der Waals surface area contributed by atoms with Crippen LogP contribution < -0.4 is 0 Å². The van der Waals surface area contributed by atoms with Crippen molar-refractivity contribution >= 4 is 16.5 Å². The molecule has 1 aliphatic rings. The van der Waals surface area contributed by atoms with Gasteiger partial charge in [-0.2, -0.15) is 0 Å². The van der Waals surface area contributed by atoms with Crippen molar-refractivity contribution < 1.29 is 4.42 Å². The predicted molar refractivity (Wildman–Crippen MR) is 61.2 cm³/mol. The summed E-state index contributed by atoms with van der Waals surface area (Å²) in [5.41, 5.74) is 3.32. The number of hydrogen-bond donors (Lipinski definition) is 0. The van der Waals surface area contributed by atoms with Gasteiger partial charge in [0.1, 0.15) is 11.3 Å². The monoisotopic (exact) mass is 195 g/mol. The van der Waals surface area contributed by atoms with E-state index in [4.69, 9.17) is 4.42 Å². The zero-order valence-electron chi connectivity index (χ0n) is 8.58. The van der Waals surface area contributed by atoms with Crippen LogP contribution in [0.15, 0.2) is 46.4 Å². The lowest BCUT2D eigenvalue weighted by atomic mass is 10.1. The average molecular weight is 195 g/mol. The third-order valence-corrected chi connectivity index (χ3v) is 2.75. The van der Waals surface area contributed by atoms with Crippen molar-refractivity contribution in [1.82, 2.24) is 0 Å². The van der Waals surface area contributed by atoms with E-state index in [-0.39, 0.29) is 0 Å². The van der Waals surface area contributed by atoms with Crippen LogP contribution in [0, 0.1) is 6.08 Å². The molecule has 73 valence electrons. The molecule has 2 aromatic rings. The molecular weight excluding hydrogens is 184 g/mol. The van der Waals surface area contributed by atoms with Gasteiger partial charge in [-0.25, -0.2) is 0 Å². The van der Waals surface area contributed by atoms with E-state index in [1.807, 2.05) is 18.2 Å². The first-order chi connectivity index (χ1) is 7.34. The summed E-state index contributed by atoms with van der Waals surface area (Å²) in [4.78, 5) is 0. The standard InChI is InChI=1S/C14H11O/c1-10-5-4-7-12(10)14-9-11-6-2-3-8-13(11)15-14/h2-3,5-6,8-9H,4H2,1H3. The highest BCUT2D eigenvalue weighted by Crippen LogP contribution is 2.31. The lowest BCUT2D eigenvalue weighted by molar-refractivity contribution is 0.600. The van der Waals surface area contributed by atoms with Crippen LogP contribution in [0.3, 0.4) is 0 Å². The number of fused-ring (bicyclic) bond motifs is 1. The third kappa shape index (κ3) is 1.32. The number of allylic oxidation sites excluding steroid dienone is 4. The van der Waals surface area contributed by atoms with Crippen LogP contribution >= 0.6 is 0 Å². The summed E-state index contributed by atoms with van der Waals surface area (Å²) in [6, 6.07) is 10.2. The molecule has 1 aromatic carbocycles. The van der Waals surface area contributed by atoms with Crippen LogP contribution in [0.2, 0.25) is 0 Å². The fourth-order valence-corrected chi connectivity index (χ4v) is 1.93. The Morgan fingerprint density at radius 3 is 2.87 bits per heavy atom. The van der Waals surface area contributed by atoms with Crippen molar-refractivity contribution in [3.8, 4) is 0 Å². The molecule has 0 saturated carbocycles. The molecule has 1 aromatic heterocycles. The number of benzene rings is 1. The van der Waals surface area contributed by atoms with E-state index in [9.17, 15) is 0 Å². The first-order valence-electron chi connectivity index (χ1n) is 5.11. The molecular formula is C14H11O. The Bertz CT molecular complexity index is 537. The van der Waals surface area contributed by atoms with E-state index < -0.39 is 0 Å². The van der Waals surface area contributed by atoms with Crippen molar-refractivity contribution in [2.24, 2.45) is 0 Å². The Hall–Kier alpha value is -1.76. The second-order valence-electron chi connectivity index (χ2n) is 3.79. The van der Waals surface area contributed by atoms with Crippen LogP contribution in [-0.4, -0.2) is 0 Å². The summed E-state index contributed by atoms with van der Waals surface area (Å²) < 4.78 is 5.78. The number of hydrogen-bond acceptors (Lipinski definition) is 1. The van der Waals surface area contributed by atoms with Crippen LogP contribution in [0.5, 0.6) is 0 Å². The van der Waals surface area contributed by atoms with Gasteiger partial charge in [0.25, 0.3) is 0 Å². The summed E-state index contributed by atoms with van der Waals surface area (Å²) in [5, 5.41) is 1.15. The van der Waals surface area contributed by atoms with Gasteiger partial charge in [0, 0.05) is 11.0 Å². The molecule has 3 rings (SSSR count). The molecule has 0 fully saturated rings. The Balaban J connectivity index is 2.17. The van der Waals surface area contributed by atoms with Gasteiger partial charge in [-0.3, -0.25) is 0 Å². The van der Waals surface area contributed by atoms with E-state index in [1.54, 1.807) is 0 Å². The molecule has 1 aliphatic carbocycles. The van der Waals surface area contributed by atoms with Crippen molar-refractivity contribution in [3.63, 3.8) is 0 Å². The average Bonchev–Trinajstić information content (AvgIpc) is 2.82. The van der Waals surface area contributed by atoms with Crippen molar-refractivity contribution in [2.45, 2.75) is 13.3 Å². The SMILES string of the molecule is CC1=CC[C]=C1c1cc2ccccc2o1. The predicted octanol–water partition coefficient (Wildman–Crippen LogP) is 3.97. The van der Waals surface area contributed by atoms with Crippen LogP contribution in [-0.2, 0) is 0 Å². The Kier molecular flexibility index (Phi) is 1.78. The molecule has 0 bridgehead atoms. The Morgan fingerprint density at radius 2 is 2.13 bits per heavy atom. The first-order valence-corrected chi connectivity index (χ1v) is 5.11. The highest BCUT2D eigenvalue weighted by molar-refractivity contribution is 5.85. The number of furan rings is 1. The minimum atomic E-state index is 0.901. The van der Waals surface area contributed by atoms with E-state index in [0.717, 1.165) is 28.7 Å². The van der Waals surface area contributed by atoms with Gasteiger partial charge >= 0.3 is 0 Å². The Morgan fingerprint density at radius 1 is 1.27 bits per heavy atom. The maximum atomic E-state index is 5.78. The minimum absolute atomic E-state index is 0.901. The van der Waals surface area contributed by atoms with Gasteiger partial charge in [-0.15, -0.1) is 0 Å². The van der Waals surface area contributed by atoms with E-state index in [2.05, 4.69) is 31.2 Å². The van der Waals surface area contributed by atoms with E-state index in [0.29, 0.717) is 0 Å². The van der Waals surface area contributed by atoms with Gasteiger partial charge in [-0.05, 0) is 37.1 Å². The topological polar surface area (TPSA) is 13.1 Å². The second-order valence-corrected chi connectivity index (χ2v) is 3.79. The number of para-hydroxylation sites is 1. The molecule has 1 heteroatoms. The molecule has 0 unspecified atom stereocenters. The highest BCUT2D eigenvalue weighted by Gasteiger charge is 2.12. The van der Waals surface area contributed by atoms with Gasteiger partial charge in [-0.1, -0.05) is 24.3 Å². The minimum Gasteiger partial charge on any atom is -0.456 e. The zero-order chi connectivity index (χ0) is 10.3. The normalized spacial score (nSPS) is 15.5. The van der Waals surface area contributed by atoms with Crippen LogP contribution in [0.25, 0.3) is 16.5 Å². The van der Waals surface area contributed by atoms with Gasteiger partial charge in [0.05, 0.1) is 0 Å². The Labute approximate surface area is 88.7 Å². The van der Waals surface area contributed by atoms with Gasteiger partial charge in [0.2, 0.25) is 0 Å². The summed E-state index contributed by atoms with van der Waals surface area (Å²) in [7, 11) is 0. The molecule has 0 spiro atoms. The lowest BCUT2D eigenvalue weighted by Crippen LogP contribution is -1.78. The molecule has 0 atom stereocenters. The maximum absolute atomic E-state index is 5.78. The van der Waals surface area contributed by atoms with Crippen LogP contribution in [0.1, 0.15) is 19.1 Å². The molecule has 0 amide bonds. The van der Waals surface area contributed by atoms with Crippen molar-refractivity contribution in [3.05, 3.63) is 53.8 Å². The van der Waals surface area contributed by atoms with Crippen molar-refractivity contribution in [2.75, 3.05) is 0 Å². The smallest absolute Gasteiger partial charge is 0.135 e. The number of rotatable bonds is 1. The van der Waals surface area contributed by atoms with Gasteiger partial charge < -0.3 is 4.42 Å². The van der Waals surface area contributed by atoms with Crippen LogP contribution in [0.4, 0.5) is 0 Å². The largest absolute Gasteiger partial charge is 0.456 e. The molecule has 0 saturated heterocycles. The summed E-state index contributed by atoms with van der Waals surface area (Å²) in [6.45, 7) is 2.10. The first kappa shape index (κ1) is 8.54. The molecule has 0 N–H and O–H groups in total. The molecule has 0 aliphatic heterocycles. The van der Waals surface area contributed by atoms with Crippen molar-refractivity contribution in [1.29, 1.82) is 0 Å². The van der Waals surface area contributed by atoms with E-state index in [1.165, 1.54) is 5.57 Å². The summed E-state index contributed by atoms with van der Waals surface area (Å²) >= 11 is 0. The van der Waals surface area contributed by atoms with E-state index >= 15 is 0 Å². The summed E-state index contributed by atoms with van der Waals surface area (Å²) in [6.07, 6.45) is 6.38. The zero-order valence-corrected chi connectivity index (χ0v) is 8.58. The maximum Gasteiger partial charge on any atom is 0.135 e. The molecule has 1 heterocycles. The quantitative estimate of drug-likeness (QED) is 0.671. The molecule has 1 radical (unpaired) electrons. The second kappa shape index (κ2) is 3.13. The molecule has 1 nitrogen and oxygen atoms in total.